The number of carbonyl (C=O) groups is 1. The molecule has 0 aromatic carbocycles. The van der Waals surface area contributed by atoms with Crippen molar-refractivity contribution >= 4 is 13.7 Å². The van der Waals surface area contributed by atoms with Crippen LogP contribution in [0.25, 0.3) is 0 Å². The summed E-state index contributed by atoms with van der Waals surface area (Å²) >= 11 is 0. The van der Waals surface area contributed by atoms with Crippen molar-refractivity contribution in [3.05, 3.63) is 0 Å². The molecule has 67 heavy (non-hydrogen) atoms. The van der Waals surface area contributed by atoms with Gasteiger partial charge in [-0.2, -0.15) is 0 Å². The third kappa shape index (κ3) is 35.2. The first-order chi connectivity index (χ1) is 32.4. The van der Waals surface area contributed by atoms with Crippen LogP contribution in [0, 0.1) is 0 Å². The normalized spacial score (nSPS) is 21.6. The van der Waals surface area contributed by atoms with Crippen molar-refractivity contribution in [2.45, 2.75) is 332 Å². The quantitative estimate of drug-likeness (QED) is 0.0213. The van der Waals surface area contributed by atoms with E-state index in [0.717, 1.165) is 38.5 Å². The highest BCUT2D eigenvalue weighted by Crippen LogP contribution is 2.47. The number of phosphoric ester groups is 1. The van der Waals surface area contributed by atoms with Crippen molar-refractivity contribution in [1.82, 2.24) is 5.32 Å². The molecule has 13 heteroatoms. The van der Waals surface area contributed by atoms with Crippen LogP contribution in [-0.4, -0.2) is 96.8 Å². The number of hydrogen-bond acceptors (Lipinski definition) is 10. The average Bonchev–Trinajstić information content (AvgIpc) is 3.31. The first-order valence-corrected chi connectivity index (χ1v) is 30.0. The van der Waals surface area contributed by atoms with Gasteiger partial charge in [0.25, 0.3) is 0 Å². The van der Waals surface area contributed by atoms with E-state index in [0.29, 0.717) is 19.3 Å². The van der Waals surface area contributed by atoms with Crippen LogP contribution < -0.4 is 5.32 Å². The zero-order valence-electron chi connectivity index (χ0n) is 43.2. The number of phosphoric acid groups is 1. The summed E-state index contributed by atoms with van der Waals surface area (Å²) in [5, 5.41) is 64.3. The number of unbranched alkanes of at least 4 members (excludes halogenated alkanes) is 38. The van der Waals surface area contributed by atoms with Crippen molar-refractivity contribution in [2.75, 3.05) is 6.61 Å². The second-order valence-corrected chi connectivity index (χ2v) is 21.9. The molecule has 1 amide bonds. The van der Waals surface area contributed by atoms with Crippen molar-refractivity contribution in [1.29, 1.82) is 0 Å². The van der Waals surface area contributed by atoms with Crippen LogP contribution in [0.4, 0.5) is 0 Å². The lowest BCUT2D eigenvalue weighted by molar-refractivity contribution is -0.220. The minimum atomic E-state index is -5.05. The molecule has 1 saturated carbocycles. The van der Waals surface area contributed by atoms with Gasteiger partial charge in [-0.15, -0.1) is 0 Å². The van der Waals surface area contributed by atoms with E-state index in [1.54, 1.807) is 0 Å². The number of nitrogens with one attached hydrogen (secondary N) is 1. The second kappa shape index (κ2) is 44.1. The summed E-state index contributed by atoms with van der Waals surface area (Å²) in [5.41, 5.74) is 0. The maximum absolute atomic E-state index is 13.0. The van der Waals surface area contributed by atoms with Gasteiger partial charge >= 0.3 is 7.82 Å². The molecule has 400 valence electrons. The van der Waals surface area contributed by atoms with Crippen molar-refractivity contribution < 1.29 is 53.9 Å². The van der Waals surface area contributed by atoms with Gasteiger partial charge in [0.05, 0.1) is 18.8 Å². The smallest absolute Gasteiger partial charge is 0.391 e. The minimum Gasteiger partial charge on any atom is -0.391 e. The molecule has 6 unspecified atom stereocenters. The first kappa shape index (κ1) is 64.4. The largest absolute Gasteiger partial charge is 0.472 e. The van der Waals surface area contributed by atoms with Crippen molar-refractivity contribution in [2.24, 2.45) is 0 Å². The molecule has 9 atom stereocenters. The summed E-state index contributed by atoms with van der Waals surface area (Å²) in [6, 6.07) is -1.03. The Hall–Kier alpha value is -0.660. The van der Waals surface area contributed by atoms with E-state index in [-0.39, 0.29) is 12.3 Å². The van der Waals surface area contributed by atoms with Crippen LogP contribution in [-0.2, 0) is 18.4 Å². The molecule has 0 aromatic heterocycles. The molecule has 0 saturated heterocycles. The Bertz CT molecular complexity index is 1140. The van der Waals surface area contributed by atoms with Gasteiger partial charge in [-0.1, -0.05) is 264 Å². The van der Waals surface area contributed by atoms with Crippen LogP contribution in [0.5, 0.6) is 0 Å². The van der Waals surface area contributed by atoms with Crippen LogP contribution >= 0.6 is 7.82 Å². The Morgan fingerprint density at radius 2 is 0.716 bits per heavy atom. The van der Waals surface area contributed by atoms with Gasteiger partial charge in [0, 0.05) is 6.42 Å². The molecule has 12 nitrogen and oxygen atoms in total. The molecule has 0 radical (unpaired) electrons. The lowest BCUT2D eigenvalue weighted by Crippen LogP contribution is -2.64. The van der Waals surface area contributed by atoms with E-state index >= 15 is 0 Å². The van der Waals surface area contributed by atoms with Crippen LogP contribution in [0.2, 0.25) is 0 Å². The lowest BCUT2D eigenvalue weighted by atomic mass is 9.85. The Morgan fingerprint density at radius 1 is 0.448 bits per heavy atom. The molecular formula is C54H108NO11P. The van der Waals surface area contributed by atoms with Crippen molar-refractivity contribution in [3.8, 4) is 0 Å². The predicted molar refractivity (Wildman–Crippen MR) is 274 cm³/mol. The molecular weight excluding hydrogens is 870 g/mol. The van der Waals surface area contributed by atoms with Crippen LogP contribution in [0.15, 0.2) is 0 Å². The summed E-state index contributed by atoms with van der Waals surface area (Å²) in [6.45, 7) is 3.92. The van der Waals surface area contributed by atoms with Gasteiger partial charge in [0.2, 0.25) is 5.91 Å². The number of aliphatic hydroxyl groups excluding tert-OH is 6. The van der Waals surface area contributed by atoms with E-state index in [1.165, 1.54) is 205 Å². The molecule has 0 bridgehead atoms. The Morgan fingerprint density at radius 3 is 1.03 bits per heavy atom. The lowest BCUT2D eigenvalue weighted by Gasteiger charge is -2.41. The monoisotopic (exact) mass is 978 g/mol. The zero-order chi connectivity index (χ0) is 49.2. The number of rotatable bonds is 49. The average molecular weight is 978 g/mol. The summed E-state index contributed by atoms with van der Waals surface area (Å²) in [4.78, 5) is 23.5. The van der Waals surface area contributed by atoms with Crippen molar-refractivity contribution in [3.63, 3.8) is 0 Å². The molecule has 1 aliphatic carbocycles. The van der Waals surface area contributed by atoms with Gasteiger partial charge in [0.1, 0.15) is 36.6 Å². The minimum absolute atomic E-state index is 0.243. The maximum atomic E-state index is 13.0. The third-order valence-corrected chi connectivity index (χ3v) is 15.2. The van der Waals surface area contributed by atoms with Gasteiger partial charge in [-0.25, -0.2) is 4.57 Å². The molecule has 0 aliphatic heterocycles. The number of amides is 1. The molecule has 1 rings (SSSR count). The fraction of sp³-hybridized carbons (Fsp3) is 0.981. The standard InChI is InChI=1S/C54H108NO11P/c1-3-5-7-9-11-13-15-17-18-19-20-21-22-23-24-25-26-27-28-29-30-31-32-34-36-38-40-42-44-48(57)55-46(47(56)43-41-39-37-35-33-16-14-12-10-8-6-4-2)45-65-67(63,64)66-54-52(61)50(59)49(58)51(60)53(54)62/h46-47,49-54,56,58-62H,3-45H2,1-2H3,(H,55,57)(H,63,64)/t46-,47+,49?,50+,51?,52?,53?,54?/m0/s1. The zero-order valence-corrected chi connectivity index (χ0v) is 44.1. The second-order valence-electron chi connectivity index (χ2n) is 20.5. The van der Waals surface area contributed by atoms with Crippen LogP contribution in [0.3, 0.4) is 0 Å². The predicted octanol–water partition coefficient (Wildman–Crippen LogP) is 12.6. The fourth-order valence-electron chi connectivity index (χ4n) is 9.56. The number of aliphatic hydroxyl groups is 6. The van der Waals surface area contributed by atoms with E-state index < -0.39 is 63.2 Å². The highest BCUT2D eigenvalue weighted by Gasteiger charge is 2.51. The summed E-state index contributed by atoms with van der Waals surface area (Å²) < 4.78 is 23.0. The number of hydrogen-bond donors (Lipinski definition) is 8. The van der Waals surface area contributed by atoms with Gasteiger partial charge in [-0.3, -0.25) is 13.8 Å². The van der Waals surface area contributed by atoms with E-state index in [4.69, 9.17) is 9.05 Å². The SMILES string of the molecule is CCCCCCCCCCCCCCCCCCCCCCCCCCCCCCC(=O)N[C@@H](COP(=O)(O)OC1C(O)C(O)C(O)[C@@H](O)C1O)[C@H](O)CCCCCCCCCCCCCC. The topological polar surface area (TPSA) is 206 Å². The first-order valence-electron chi connectivity index (χ1n) is 28.5. The van der Waals surface area contributed by atoms with E-state index in [2.05, 4.69) is 19.2 Å². The van der Waals surface area contributed by atoms with Gasteiger partial charge < -0.3 is 40.8 Å². The molecule has 0 aromatic rings. The molecule has 0 heterocycles. The highest BCUT2D eigenvalue weighted by molar-refractivity contribution is 7.47. The third-order valence-electron chi connectivity index (χ3n) is 14.2. The summed E-state index contributed by atoms with van der Waals surface area (Å²) in [5.74, 6) is -0.302. The molecule has 8 N–H and O–H groups in total. The summed E-state index contributed by atoms with van der Waals surface area (Å²) in [7, 11) is -5.05. The fourth-order valence-corrected chi connectivity index (χ4v) is 10.5. The Kier molecular flexibility index (Phi) is 42.3. The van der Waals surface area contributed by atoms with Crippen LogP contribution in [0.1, 0.15) is 284 Å². The number of carbonyl (C=O) groups excluding carboxylic acids is 1. The molecule has 0 spiro atoms. The highest BCUT2D eigenvalue weighted by atomic mass is 31.2. The molecule has 1 fully saturated rings. The van der Waals surface area contributed by atoms with Gasteiger partial charge in [0.15, 0.2) is 0 Å². The van der Waals surface area contributed by atoms with E-state index in [1.807, 2.05) is 0 Å². The van der Waals surface area contributed by atoms with E-state index in [9.17, 15) is 44.9 Å². The Balaban J connectivity index is 2.23. The summed E-state index contributed by atoms with van der Waals surface area (Å²) in [6.07, 6.45) is 38.7. The van der Waals surface area contributed by atoms with Gasteiger partial charge in [-0.05, 0) is 12.8 Å². The maximum Gasteiger partial charge on any atom is 0.472 e. The Labute approximate surface area is 410 Å². The molecule has 1 aliphatic rings.